The third-order valence-electron chi connectivity index (χ3n) is 6.62. The average Bonchev–Trinajstić information content (AvgIpc) is 2.77. The predicted molar refractivity (Wildman–Crippen MR) is 128 cm³/mol. The number of piperidine rings is 1. The molecular weight excluding hydrogens is 442 g/mol. The monoisotopic (exact) mass is 481 g/mol. The second-order valence-electron chi connectivity index (χ2n) is 10.1. The molecule has 0 spiro atoms. The fourth-order valence-corrected chi connectivity index (χ4v) is 6.40. The van der Waals surface area contributed by atoms with Gasteiger partial charge in [0.05, 0.1) is 26.7 Å². The Morgan fingerprint density at radius 2 is 1.82 bits per heavy atom. The van der Waals surface area contributed by atoms with Crippen molar-refractivity contribution in [2.75, 3.05) is 53.0 Å². The van der Waals surface area contributed by atoms with Gasteiger partial charge in [-0.1, -0.05) is 19.9 Å². The zero-order chi connectivity index (χ0) is 24.2. The van der Waals surface area contributed by atoms with Gasteiger partial charge in [0.2, 0.25) is 15.9 Å². The van der Waals surface area contributed by atoms with E-state index in [-0.39, 0.29) is 28.5 Å². The van der Waals surface area contributed by atoms with Crippen molar-refractivity contribution < 1.29 is 22.7 Å². The second kappa shape index (κ2) is 10.7. The topological polar surface area (TPSA) is 88.2 Å². The second-order valence-corrected chi connectivity index (χ2v) is 12.0. The first kappa shape index (κ1) is 25.9. The van der Waals surface area contributed by atoms with Gasteiger partial charge >= 0.3 is 0 Å². The highest BCUT2D eigenvalue weighted by molar-refractivity contribution is 7.89. The molecule has 186 valence electrons. The first-order chi connectivity index (χ1) is 15.5. The molecule has 2 fully saturated rings. The van der Waals surface area contributed by atoms with Gasteiger partial charge in [0, 0.05) is 38.3 Å². The molecule has 2 unspecified atom stereocenters. The van der Waals surface area contributed by atoms with Crippen molar-refractivity contribution in [1.29, 1.82) is 0 Å². The molecule has 0 radical (unpaired) electrons. The molecule has 0 saturated carbocycles. The van der Waals surface area contributed by atoms with E-state index in [0.717, 1.165) is 13.1 Å². The molecule has 2 aliphatic heterocycles. The van der Waals surface area contributed by atoms with Crippen molar-refractivity contribution in [2.45, 2.75) is 51.0 Å². The van der Waals surface area contributed by atoms with E-state index in [2.05, 4.69) is 37.9 Å². The predicted octanol–water partition coefficient (Wildman–Crippen LogP) is 2.13. The highest BCUT2D eigenvalue weighted by Crippen LogP contribution is 2.29. The first-order valence-corrected chi connectivity index (χ1v) is 13.2. The van der Waals surface area contributed by atoms with E-state index in [4.69, 9.17) is 9.47 Å². The lowest BCUT2D eigenvalue weighted by Gasteiger charge is -2.45. The van der Waals surface area contributed by atoms with Crippen LogP contribution in [0.25, 0.3) is 0 Å². The average molecular weight is 482 g/mol. The van der Waals surface area contributed by atoms with Gasteiger partial charge in [0.15, 0.2) is 0 Å². The summed E-state index contributed by atoms with van der Waals surface area (Å²) in [6.07, 6.45) is 1.35. The SMILES string of the molecule is COc1ccc(CC(=O)NCC(C)(C)N2CC(C)CC(C)C2)cc1S(=O)(=O)N1CCOCC1. The maximum atomic E-state index is 13.2. The van der Waals surface area contributed by atoms with Crippen LogP contribution in [0.2, 0.25) is 0 Å². The zero-order valence-corrected chi connectivity index (χ0v) is 21.4. The van der Waals surface area contributed by atoms with E-state index < -0.39 is 10.0 Å². The minimum atomic E-state index is -3.73. The van der Waals surface area contributed by atoms with Crippen LogP contribution < -0.4 is 10.1 Å². The lowest BCUT2D eigenvalue weighted by Crippen LogP contribution is -2.56. The van der Waals surface area contributed by atoms with Gasteiger partial charge in [0.1, 0.15) is 10.6 Å². The molecule has 0 aromatic heterocycles. The summed E-state index contributed by atoms with van der Waals surface area (Å²) >= 11 is 0. The van der Waals surface area contributed by atoms with Gasteiger partial charge in [-0.2, -0.15) is 4.31 Å². The van der Waals surface area contributed by atoms with Crippen LogP contribution in [0, 0.1) is 11.8 Å². The third-order valence-corrected chi connectivity index (χ3v) is 8.54. The van der Waals surface area contributed by atoms with Crippen LogP contribution in [-0.4, -0.2) is 82.1 Å². The van der Waals surface area contributed by atoms with Crippen LogP contribution in [0.3, 0.4) is 0 Å². The number of nitrogens with zero attached hydrogens (tertiary/aromatic N) is 2. The summed E-state index contributed by atoms with van der Waals surface area (Å²) in [4.78, 5) is 15.3. The molecule has 8 nitrogen and oxygen atoms in total. The van der Waals surface area contributed by atoms with Crippen LogP contribution in [-0.2, 0) is 26.0 Å². The van der Waals surface area contributed by atoms with Crippen molar-refractivity contribution in [3.8, 4) is 5.75 Å². The summed E-state index contributed by atoms with van der Waals surface area (Å²) < 4.78 is 38.3. The number of nitrogens with one attached hydrogen (secondary N) is 1. The molecule has 0 bridgehead atoms. The molecule has 2 aliphatic rings. The molecule has 2 atom stereocenters. The number of carbonyl (C=O) groups is 1. The van der Waals surface area contributed by atoms with Gasteiger partial charge in [-0.15, -0.1) is 0 Å². The quantitative estimate of drug-likeness (QED) is 0.612. The largest absolute Gasteiger partial charge is 0.495 e. The first-order valence-electron chi connectivity index (χ1n) is 11.8. The summed E-state index contributed by atoms with van der Waals surface area (Å²) in [6.45, 7) is 12.9. The van der Waals surface area contributed by atoms with E-state index in [1.165, 1.54) is 17.8 Å². The molecule has 2 saturated heterocycles. The molecule has 3 rings (SSSR count). The minimum absolute atomic E-state index is 0.0915. The Balaban J connectivity index is 1.66. The molecule has 0 aliphatic carbocycles. The van der Waals surface area contributed by atoms with Crippen molar-refractivity contribution in [2.24, 2.45) is 11.8 Å². The van der Waals surface area contributed by atoms with E-state index in [9.17, 15) is 13.2 Å². The normalized spacial score (nSPS) is 23.3. The molecule has 1 aromatic carbocycles. The minimum Gasteiger partial charge on any atom is -0.495 e. The molecule has 1 N–H and O–H groups in total. The van der Waals surface area contributed by atoms with Gasteiger partial charge in [-0.3, -0.25) is 9.69 Å². The summed E-state index contributed by atoms with van der Waals surface area (Å²) in [7, 11) is -2.28. The van der Waals surface area contributed by atoms with Crippen molar-refractivity contribution in [3.63, 3.8) is 0 Å². The number of likely N-dealkylation sites (tertiary alicyclic amines) is 1. The summed E-state index contributed by atoms with van der Waals surface area (Å²) in [5.41, 5.74) is 0.488. The van der Waals surface area contributed by atoms with Crippen LogP contribution >= 0.6 is 0 Å². The lowest BCUT2D eigenvalue weighted by atomic mass is 9.88. The Kier molecular flexibility index (Phi) is 8.42. The summed E-state index contributed by atoms with van der Waals surface area (Å²) in [6, 6.07) is 4.93. The number of sulfonamides is 1. The molecular formula is C24H39N3O5S. The highest BCUT2D eigenvalue weighted by Gasteiger charge is 2.33. The Labute approximate surface area is 198 Å². The van der Waals surface area contributed by atoms with E-state index in [1.807, 2.05) is 0 Å². The molecule has 2 heterocycles. The van der Waals surface area contributed by atoms with Gasteiger partial charge in [0.25, 0.3) is 0 Å². The number of carbonyl (C=O) groups excluding carboxylic acids is 1. The zero-order valence-electron chi connectivity index (χ0n) is 20.6. The van der Waals surface area contributed by atoms with Crippen LogP contribution in [0.15, 0.2) is 23.1 Å². The van der Waals surface area contributed by atoms with Crippen LogP contribution in [0.1, 0.15) is 39.7 Å². The van der Waals surface area contributed by atoms with Crippen LogP contribution in [0.4, 0.5) is 0 Å². The van der Waals surface area contributed by atoms with Gasteiger partial charge < -0.3 is 14.8 Å². The Bertz CT molecular complexity index is 918. The summed E-state index contributed by atoms with van der Waals surface area (Å²) in [5.74, 6) is 1.45. The number of morpholine rings is 1. The van der Waals surface area contributed by atoms with Crippen molar-refractivity contribution >= 4 is 15.9 Å². The fraction of sp³-hybridized carbons (Fsp3) is 0.708. The fourth-order valence-electron chi connectivity index (χ4n) is 4.79. The van der Waals surface area contributed by atoms with Gasteiger partial charge in [-0.25, -0.2) is 8.42 Å². The maximum Gasteiger partial charge on any atom is 0.246 e. The number of rotatable bonds is 8. The van der Waals surface area contributed by atoms with E-state index in [0.29, 0.717) is 50.2 Å². The Hall–Kier alpha value is -1.68. The maximum absolute atomic E-state index is 13.2. The van der Waals surface area contributed by atoms with E-state index >= 15 is 0 Å². The number of hydrogen-bond donors (Lipinski definition) is 1. The van der Waals surface area contributed by atoms with Gasteiger partial charge in [-0.05, 0) is 49.8 Å². The lowest BCUT2D eigenvalue weighted by molar-refractivity contribution is -0.121. The number of hydrogen-bond acceptors (Lipinski definition) is 6. The smallest absolute Gasteiger partial charge is 0.246 e. The van der Waals surface area contributed by atoms with E-state index in [1.54, 1.807) is 18.2 Å². The Morgan fingerprint density at radius 3 is 2.42 bits per heavy atom. The number of methoxy groups -OCH3 is 1. The highest BCUT2D eigenvalue weighted by atomic mass is 32.2. The molecule has 1 amide bonds. The summed E-state index contributed by atoms with van der Waals surface area (Å²) in [5, 5.41) is 3.06. The number of benzene rings is 1. The molecule has 33 heavy (non-hydrogen) atoms. The van der Waals surface area contributed by atoms with Crippen LogP contribution in [0.5, 0.6) is 5.75 Å². The van der Waals surface area contributed by atoms with Crippen molar-refractivity contribution in [3.05, 3.63) is 23.8 Å². The number of ether oxygens (including phenoxy) is 2. The number of amides is 1. The standard InChI is InChI=1S/C24H39N3O5S/c1-18-12-19(2)16-26(15-18)24(3,4)17-25-23(28)14-20-6-7-21(31-5)22(13-20)33(29,30)27-8-10-32-11-9-27/h6-7,13,18-19H,8-12,14-17H2,1-5H3,(H,25,28). The third kappa shape index (κ3) is 6.47. The molecule has 1 aromatic rings. The van der Waals surface area contributed by atoms with Crippen molar-refractivity contribution in [1.82, 2.24) is 14.5 Å². The molecule has 9 heteroatoms. The Morgan fingerprint density at radius 1 is 1.18 bits per heavy atom.